The minimum atomic E-state index is -0.770. The summed E-state index contributed by atoms with van der Waals surface area (Å²) in [6, 6.07) is 5.22. The van der Waals surface area contributed by atoms with Crippen LogP contribution in [0.15, 0.2) is 18.2 Å². The molecule has 18 heavy (non-hydrogen) atoms. The standard InChI is InChI=1S/C14H21NO3/c1-9-8-10(17-4)6-7-11(9)12(15)14(2,3)13(16)18-5/h6-8,12H,15H2,1-5H3/t12-/m1/s1. The highest BCUT2D eigenvalue weighted by Gasteiger charge is 2.37. The first-order valence-electron chi connectivity index (χ1n) is 5.83. The summed E-state index contributed by atoms with van der Waals surface area (Å²) in [6.45, 7) is 5.52. The predicted molar refractivity (Wildman–Crippen MR) is 70.5 cm³/mol. The van der Waals surface area contributed by atoms with Crippen molar-refractivity contribution in [3.05, 3.63) is 29.3 Å². The summed E-state index contributed by atoms with van der Waals surface area (Å²) in [7, 11) is 2.99. The van der Waals surface area contributed by atoms with Gasteiger partial charge in [-0.25, -0.2) is 0 Å². The first-order chi connectivity index (χ1) is 8.34. The van der Waals surface area contributed by atoms with E-state index in [1.807, 2.05) is 25.1 Å². The van der Waals surface area contributed by atoms with Gasteiger partial charge in [-0.05, 0) is 44.0 Å². The van der Waals surface area contributed by atoms with Crippen molar-refractivity contribution < 1.29 is 14.3 Å². The van der Waals surface area contributed by atoms with Crippen molar-refractivity contribution in [1.29, 1.82) is 0 Å². The van der Waals surface area contributed by atoms with Gasteiger partial charge in [0.05, 0.1) is 19.6 Å². The highest BCUT2D eigenvalue weighted by Crippen LogP contribution is 2.34. The summed E-state index contributed by atoms with van der Waals surface area (Å²) in [5.41, 5.74) is 7.35. The predicted octanol–water partition coefficient (Wildman–Crippen LogP) is 2.20. The average molecular weight is 251 g/mol. The maximum Gasteiger partial charge on any atom is 0.313 e. The molecule has 0 fully saturated rings. The molecule has 0 saturated heterocycles. The molecule has 0 spiro atoms. The second-order valence-corrected chi connectivity index (χ2v) is 4.91. The van der Waals surface area contributed by atoms with Crippen LogP contribution in [0.5, 0.6) is 5.75 Å². The molecule has 0 amide bonds. The van der Waals surface area contributed by atoms with E-state index in [1.165, 1.54) is 7.11 Å². The fraction of sp³-hybridized carbons (Fsp3) is 0.500. The van der Waals surface area contributed by atoms with E-state index in [-0.39, 0.29) is 5.97 Å². The number of carbonyl (C=O) groups is 1. The normalized spacial score (nSPS) is 13.0. The molecule has 0 heterocycles. The smallest absolute Gasteiger partial charge is 0.313 e. The number of nitrogens with two attached hydrogens (primary N) is 1. The second-order valence-electron chi connectivity index (χ2n) is 4.91. The van der Waals surface area contributed by atoms with Gasteiger partial charge in [0.25, 0.3) is 0 Å². The molecule has 0 saturated carbocycles. The first-order valence-corrected chi connectivity index (χ1v) is 5.83. The fourth-order valence-corrected chi connectivity index (χ4v) is 1.90. The Morgan fingerprint density at radius 2 is 1.94 bits per heavy atom. The zero-order chi connectivity index (χ0) is 13.9. The van der Waals surface area contributed by atoms with Crippen molar-refractivity contribution in [3.63, 3.8) is 0 Å². The lowest BCUT2D eigenvalue weighted by atomic mass is 9.79. The van der Waals surface area contributed by atoms with E-state index in [4.69, 9.17) is 15.2 Å². The summed E-state index contributed by atoms with van der Waals surface area (Å²) in [6.07, 6.45) is 0. The van der Waals surface area contributed by atoms with E-state index in [2.05, 4.69) is 0 Å². The number of methoxy groups -OCH3 is 2. The van der Waals surface area contributed by atoms with Gasteiger partial charge in [-0.3, -0.25) is 4.79 Å². The van der Waals surface area contributed by atoms with E-state index in [0.29, 0.717) is 0 Å². The van der Waals surface area contributed by atoms with Crippen LogP contribution in [0, 0.1) is 12.3 Å². The molecular formula is C14H21NO3. The molecule has 2 N–H and O–H groups in total. The van der Waals surface area contributed by atoms with Crippen molar-refractivity contribution in [2.75, 3.05) is 14.2 Å². The Hall–Kier alpha value is -1.55. The van der Waals surface area contributed by atoms with Gasteiger partial charge >= 0.3 is 5.97 Å². The highest BCUT2D eigenvalue weighted by atomic mass is 16.5. The largest absolute Gasteiger partial charge is 0.497 e. The number of aryl methyl sites for hydroxylation is 1. The molecule has 0 aliphatic carbocycles. The molecule has 0 aromatic heterocycles. The Kier molecular flexibility index (Phi) is 4.35. The van der Waals surface area contributed by atoms with Crippen molar-refractivity contribution in [2.24, 2.45) is 11.1 Å². The Morgan fingerprint density at radius 1 is 1.33 bits per heavy atom. The third-order valence-electron chi connectivity index (χ3n) is 3.30. The third kappa shape index (κ3) is 2.64. The lowest BCUT2D eigenvalue weighted by Crippen LogP contribution is -2.37. The zero-order valence-electron chi connectivity index (χ0n) is 11.6. The maximum absolute atomic E-state index is 11.8. The molecule has 0 bridgehead atoms. The van der Waals surface area contributed by atoms with Crippen LogP contribution >= 0.6 is 0 Å². The van der Waals surface area contributed by atoms with Crippen molar-refractivity contribution >= 4 is 5.97 Å². The van der Waals surface area contributed by atoms with Crippen LogP contribution in [0.3, 0.4) is 0 Å². The topological polar surface area (TPSA) is 61.5 Å². The maximum atomic E-state index is 11.8. The van der Waals surface area contributed by atoms with Crippen LogP contribution in [0.1, 0.15) is 31.0 Å². The number of rotatable bonds is 4. The minimum absolute atomic E-state index is 0.315. The van der Waals surface area contributed by atoms with Gasteiger partial charge in [0, 0.05) is 6.04 Å². The van der Waals surface area contributed by atoms with Gasteiger partial charge in [-0.2, -0.15) is 0 Å². The van der Waals surface area contributed by atoms with Crippen molar-refractivity contribution in [3.8, 4) is 5.75 Å². The van der Waals surface area contributed by atoms with E-state index < -0.39 is 11.5 Å². The van der Waals surface area contributed by atoms with Crippen LogP contribution in [0.4, 0.5) is 0 Å². The van der Waals surface area contributed by atoms with Crippen LogP contribution in [-0.4, -0.2) is 20.2 Å². The van der Waals surface area contributed by atoms with Gasteiger partial charge in [0.1, 0.15) is 5.75 Å². The Labute approximate surface area is 108 Å². The van der Waals surface area contributed by atoms with Crippen LogP contribution in [0.2, 0.25) is 0 Å². The van der Waals surface area contributed by atoms with E-state index in [0.717, 1.165) is 16.9 Å². The molecule has 100 valence electrons. The molecule has 1 aromatic rings. The molecule has 1 atom stereocenters. The van der Waals surface area contributed by atoms with Gasteiger partial charge < -0.3 is 15.2 Å². The average Bonchev–Trinajstić information content (AvgIpc) is 2.36. The second kappa shape index (κ2) is 5.40. The zero-order valence-corrected chi connectivity index (χ0v) is 11.6. The van der Waals surface area contributed by atoms with Gasteiger partial charge in [-0.1, -0.05) is 6.07 Å². The number of hydrogen-bond acceptors (Lipinski definition) is 4. The summed E-state index contributed by atoms with van der Waals surface area (Å²) in [5.74, 6) is 0.463. The molecule has 1 rings (SSSR count). The number of esters is 1. The SMILES string of the molecule is COC(=O)C(C)(C)[C@H](N)c1ccc(OC)cc1C. The number of hydrogen-bond donors (Lipinski definition) is 1. The van der Waals surface area contributed by atoms with Crippen LogP contribution in [-0.2, 0) is 9.53 Å². The minimum Gasteiger partial charge on any atom is -0.497 e. The highest BCUT2D eigenvalue weighted by molar-refractivity contribution is 5.77. The summed E-state index contributed by atoms with van der Waals surface area (Å²) in [5, 5.41) is 0. The number of benzene rings is 1. The van der Waals surface area contributed by atoms with Crippen LogP contribution in [0.25, 0.3) is 0 Å². The molecule has 0 aliphatic rings. The van der Waals surface area contributed by atoms with Gasteiger partial charge in [-0.15, -0.1) is 0 Å². The molecule has 0 radical (unpaired) electrons. The Bertz CT molecular complexity index is 441. The summed E-state index contributed by atoms with van der Waals surface area (Å²) < 4.78 is 9.95. The fourth-order valence-electron chi connectivity index (χ4n) is 1.90. The first kappa shape index (κ1) is 14.5. The molecule has 4 nitrogen and oxygen atoms in total. The van der Waals surface area contributed by atoms with Gasteiger partial charge in [0.2, 0.25) is 0 Å². The summed E-state index contributed by atoms with van der Waals surface area (Å²) in [4.78, 5) is 11.8. The van der Waals surface area contributed by atoms with Gasteiger partial charge in [0.15, 0.2) is 0 Å². The molecule has 1 aromatic carbocycles. The van der Waals surface area contributed by atoms with E-state index in [9.17, 15) is 4.79 Å². The lowest BCUT2D eigenvalue weighted by Gasteiger charge is -2.30. The Balaban J connectivity index is 3.11. The molecule has 0 unspecified atom stereocenters. The van der Waals surface area contributed by atoms with E-state index >= 15 is 0 Å². The number of carbonyl (C=O) groups excluding carboxylic acids is 1. The summed E-state index contributed by atoms with van der Waals surface area (Å²) >= 11 is 0. The van der Waals surface area contributed by atoms with Crippen LogP contribution < -0.4 is 10.5 Å². The molecular weight excluding hydrogens is 230 g/mol. The quantitative estimate of drug-likeness (QED) is 0.833. The van der Waals surface area contributed by atoms with Crippen molar-refractivity contribution in [2.45, 2.75) is 26.8 Å². The molecule has 4 heteroatoms. The Morgan fingerprint density at radius 3 is 2.39 bits per heavy atom. The third-order valence-corrected chi connectivity index (χ3v) is 3.30. The number of ether oxygens (including phenoxy) is 2. The molecule has 0 aliphatic heterocycles. The van der Waals surface area contributed by atoms with Crippen molar-refractivity contribution in [1.82, 2.24) is 0 Å². The van der Waals surface area contributed by atoms with E-state index in [1.54, 1.807) is 21.0 Å². The monoisotopic (exact) mass is 251 g/mol. The lowest BCUT2D eigenvalue weighted by molar-refractivity contribution is -0.152.